The second-order valence-electron chi connectivity index (χ2n) is 5.04. The molecule has 1 fully saturated rings. The molecule has 6 nitrogen and oxygen atoms in total. The average Bonchev–Trinajstić information content (AvgIpc) is 2.99. The summed E-state index contributed by atoms with van der Waals surface area (Å²) in [6, 6.07) is 0. The van der Waals surface area contributed by atoms with Gasteiger partial charge in [0, 0.05) is 31.4 Å². The molecule has 0 radical (unpaired) electrons. The van der Waals surface area contributed by atoms with Crippen molar-refractivity contribution in [1.29, 1.82) is 0 Å². The first-order valence-electron chi connectivity index (χ1n) is 6.25. The number of aryl methyl sites for hydroxylation is 1. The van der Waals surface area contributed by atoms with Crippen molar-refractivity contribution in [3.05, 3.63) is 29.8 Å². The van der Waals surface area contributed by atoms with Gasteiger partial charge < -0.3 is 5.11 Å². The van der Waals surface area contributed by atoms with Crippen LogP contribution in [0.4, 0.5) is 0 Å². The van der Waals surface area contributed by atoms with Gasteiger partial charge in [0.05, 0.1) is 24.5 Å². The molecule has 6 heteroatoms. The predicted molar refractivity (Wildman–Crippen MR) is 64.8 cm³/mol. The highest BCUT2D eigenvalue weighted by molar-refractivity contribution is 5.05. The van der Waals surface area contributed by atoms with Crippen LogP contribution < -0.4 is 0 Å². The fourth-order valence-corrected chi connectivity index (χ4v) is 2.11. The second kappa shape index (κ2) is 4.53. The molecule has 0 saturated heterocycles. The van der Waals surface area contributed by atoms with Crippen LogP contribution in [-0.2, 0) is 20.0 Å². The number of aliphatic hydroxyl groups is 1. The van der Waals surface area contributed by atoms with Gasteiger partial charge in [-0.05, 0) is 18.8 Å². The van der Waals surface area contributed by atoms with Crippen LogP contribution >= 0.6 is 0 Å². The molecule has 2 aromatic heterocycles. The predicted octanol–water partition coefficient (Wildman–Crippen LogP) is 0.373. The average molecular weight is 247 g/mol. The molecule has 0 spiro atoms. The van der Waals surface area contributed by atoms with Crippen LogP contribution in [0.25, 0.3) is 0 Å². The Hall–Kier alpha value is -1.69. The third-order valence-corrected chi connectivity index (χ3v) is 3.27. The number of rotatable bonds is 5. The maximum Gasteiger partial charge on any atom is 0.0853 e. The maximum atomic E-state index is 9.85. The molecular formula is C12H17N5O. The second-order valence-corrected chi connectivity index (χ2v) is 5.04. The van der Waals surface area contributed by atoms with Crippen molar-refractivity contribution in [2.24, 2.45) is 13.0 Å². The van der Waals surface area contributed by atoms with Gasteiger partial charge in [-0.15, -0.1) is 5.10 Å². The minimum Gasteiger partial charge on any atom is -0.392 e. The quantitative estimate of drug-likeness (QED) is 0.829. The van der Waals surface area contributed by atoms with Crippen LogP contribution in [0.1, 0.15) is 24.1 Å². The van der Waals surface area contributed by atoms with Gasteiger partial charge in [0.25, 0.3) is 0 Å². The molecule has 18 heavy (non-hydrogen) atoms. The number of hydrogen-bond acceptors (Lipinski definition) is 4. The standard InChI is InChI=1S/C12H17N5O/c1-16-6-9(5-13-16)7-17-8-11(14-15-17)4-12(18)10-2-3-10/h5-6,8,10,12,18H,2-4,7H2,1H3. The Morgan fingerprint density at radius 3 is 2.94 bits per heavy atom. The Morgan fingerprint density at radius 1 is 1.44 bits per heavy atom. The number of hydrogen-bond donors (Lipinski definition) is 1. The third kappa shape index (κ3) is 2.59. The lowest BCUT2D eigenvalue weighted by molar-refractivity contribution is 0.150. The van der Waals surface area contributed by atoms with Gasteiger partial charge in [-0.1, -0.05) is 5.21 Å². The normalized spacial score (nSPS) is 17.0. The van der Waals surface area contributed by atoms with Crippen molar-refractivity contribution in [3.8, 4) is 0 Å². The van der Waals surface area contributed by atoms with E-state index in [2.05, 4.69) is 15.4 Å². The molecule has 1 saturated carbocycles. The lowest BCUT2D eigenvalue weighted by atomic mass is 10.1. The first kappa shape index (κ1) is 11.4. The molecule has 2 heterocycles. The zero-order valence-electron chi connectivity index (χ0n) is 10.4. The van der Waals surface area contributed by atoms with E-state index in [-0.39, 0.29) is 6.10 Å². The molecule has 0 amide bonds. The van der Waals surface area contributed by atoms with Crippen molar-refractivity contribution in [3.63, 3.8) is 0 Å². The highest BCUT2D eigenvalue weighted by Gasteiger charge is 2.30. The van der Waals surface area contributed by atoms with E-state index in [0.29, 0.717) is 18.9 Å². The van der Waals surface area contributed by atoms with Crippen molar-refractivity contribution in [1.82, 2.24) is 24.8 Å². The molecule has 0 aromatic carbocycles. The topological polar surface area (TPSA) is 68.8 Å². The minimum absolute atomic E-state index is 0.256. The molecule has 0 bridgehead atoms. The first-order chi connectivity index (χ1) is 8.70. The fourth-order valence-electron chi connectivity index (χ4n) is 2.11. The van der Waals surface area contributed by atoms with Crippen LogP contribution in [0.2, 0.25) is 0 Å². The SMILES string of the molecule is Cn1cc(Cn2cc(CC(O)C3CC3)nn2)cn1. The zero-order chi connectivity index (χ0) is 12.5. The van der Waals surface area contributed by atoms with E-state index in [4.69, 9.17) is 0 Å². The number of aromatic nitrogens is 5. The Balaban J connectivity index is 1.62. The van der Waals surface area contributed by atoms with E-state index >= 15 is 0 Å². The fraction of sp³-hybridized carbons (Fsp3) is 0.583. The summed E-state index contributed by atoms with van der Waals surface area (Å²) >= 11 is 0. The number of nitrogens with zero attached hydrogens (tertiary/aromatic N) is 5. The van der Waals surface area contributed by atoms with E-state index in [0.717, 1.165) is 24.1 Å². The first-order valence-corrected chi connectivity index (χ1v) is 6.25. The maximum absolute atomic E-state index is 9.85. The van der Waals surface area contributed by atoms with Gasteiger partial charge >= 0.3 is 0 Å². The molecule has 1 atom stereocenters. The van der Waals surface area contributed by atoms with Crippen molar-refractivity contribution in [2.75, 3.05) is 0 Å². The highest BCUT2D eigenvalue weighted by atomic mass is 16.3. The van der Waals surface area contributed by atoms with E-state index in [1.165, 1.54) is 0 Å². The molecule has 2 aromatic rings. The molecule has 1 unspecified atom stereocenters. The van der Waals surface area contributed by atoms with Gasteiger partial charge in [0.1, 0.15) is 0 Å². The van der Waals surface area contributed by atoms with Crippen LogP contribution in [0.3, 0.4) is 0 Å². The van der Waals surface area contributed by atoms with Gasteiger partial charge in [-0.3, -0.25) is 4.68 Å². The molecule has 96 valence electrons. The van der Waals surface area contributed by atoms with Crippen molar-refractivity contribution >= 4 is 0 Å². The number of aliphatic hydroxyl groups excluding tert-OH is 1. The van der Waals surface area contributed by atoms with Gasteiger partial charge in [-0.2, -0.15) is 5.10 Å². The summed E-state index contributed by atoms with van der Waals surface area (Å²) in [7, 11) is 1.89. The monoisotopic (exact) mass is 247 g/mol. The summed E-state index contributed by atoms with van der Waals surface area (Å²) in [6.07, 6.45) is 8.32. The Labute approximate surface area is 105 Å². The van der Waals surface area contributed by atoms with Crippen molar-refractivity contribution < 1.29 is 5.11 Å². The summed E-state index contributed by atoms with van der Waals surface area (Å²) in [5, 5.41) is 22.1. The summed E-state index contributed by atoms with van der Waals surface area (Å²) < 4.78 is 3.55. The molecular weight excluding hydrogens is 230 g/mol. The van der Waals surface area contributed by atoms with Gasteiger partial charge in [0.2, 0.25) is 0 Å². The Bertz CT molecular complexity index is 528. The zero-order valence-corrected chi connectivity index (χ0v) is 10.4. The smallest absolute Gasteiger partial charge is 0.0853 e. The molecule has 1 aliphatic rings. The Kier molecular flexibility index (Phi) is 2.87. The third-order valence-electron chi connectivity index (χ3n) is 3.27. The van der Waals surface area contributed by atoms with E-state index in [9.17, 15) is 5.11 Å². The Morgan fingerprint density at radius 2 is 2.28 bits per heavy atom. The largest absolute Gasteiger partial charge is 0.392 e. The summed E-state index contributed by atoms with van der Waals surface area (Å²) in [5.41, 5.74) is 1.95. The summed E-state index contributed by atoms with van der Waals surface area (Å²) in [6.45, 7) is 0.667. The van der Waals surface area contributed by atoms with Crippen LogP contribution in [0.15, 0.2) is 18.6 Å². The lowest BCUT2D eigenvalue weighted by Gasteiger charge is -2.04. The van der Waals surface area contributed by atoms with Crippen LogP contribution in [0, 0.1) is 5.92 Å². The molecule has 3 rings (SSSR count). The van der Waals surface area contributed by atoms with Crippen molar-refractivity contribution in [2.45, 2.75) is 31.9 Å². The summed E-state index contributed by atoms with van der Waals surface area (Å²) in [4.78, 5) is 0. The molecule has 1 aliphatic carbocycles. The van der Waals surface area contributed by atoms with Gasteiger partial charge in [-0.25, -0.2) is 4.68 Å². The van der Waals surface area contributed by atoms with Gasteiger partial charge in [0.15, 0.2) is 0 Å². The van der Waals surface area contributed by atoms with Crippen LogP contribution in [-0.4, -0.2) is 36.0 Å². The minimum atomic E-state index is -0.256. The van der Waals surface area contributed by atoms with Crippen LogP contribution in [0.5, 0.6) is 0 Å². The van der Waals surface area contributed by atoms with E-state index < -0.39 is 0 Å². The molecule has 0 aliphatic heterocycles. The lowest BCUT2D eigenvalue weighted by Crippen LogP contribution is -2.12. The summed E-state index contributed by atoms with van der Waals surface area (Å²) in [5.74, 6) is 0.480. The highest BCUT2D eigenvalue weighted by Crippen LogP contribution is 2.33. The van der Waals surface area contributed by atoms with E-state index in [1.807, 2.05) is 25.6 Å². The van der Waals surface area contributed by atoms with E-state index in [1.54, 1.807) is 9.36 Å². The molecule has 1 N–H and O–H groups in total.